The van der Waals surface area contributed by atoms with E-state index in [0.29, 0.717) is 32.5 Å². The van der Waals surface area contributed by atoms with Crippen LogP contribution in [0.4, 0.5) is 0 Å². The Kier molecular flexibility index (Phi) is 5.14. The molecule has 1 rings (SSSR count). The molecule has 5 nitrogen and oxygen atoms in total. The third-order valence-corrected chi connectivity index (χ3v) is 3.59. The predicted octanol–water partition coefficient (Wildman–Crippen LogP) is 0.949. The fourth-order valence-corrected chi connectivity index (χ4v) is 2.15. The second-order valence-corrected chi connectivity index (χ2v) is 4.66. The van der Waals surface area contributed by atoms with Crippen molar-refractivity contribution in [2.75, 3.05) is 19.7 Å². The quantitative estimate of drug-likeness (QED) is 0.690. The maximum absolute atomic E-state index is 11.9. The van der Waals surface area contributed by atoms with Crippen LogP contribution < -0.4 is 0 Å². The predicted molar refractivity (Wildman–Crippen MR) is 66.9 cm³/mol. The summed E-state index contributed by atoms with van der Waals surface area (Å²) >= 11 is 0. The van der Waals surface area contributed by atoms with Gasteiger partial charge in [-0.15, -0.1) is 0 Å². The van der Waals surface area contributed by atoms with Gasteiger partial charge in [0.05, 0.1) is 24.5 Å². The van der Waals surface area contributed by atoms with Gasteiger partial charge < -0.3 is 14.7 Å². The van der Waals surface area contributed by atoms with E-state index in [4.69, 9.17) is 4.74 Å². The van der Waals surface area contributed by atoms with Gasteiger partial charge in [-0.1, -0.05) is 0 Å². The van der Waals surface area contributed by atoms with Crippen LogP contribution in [0.1, 0.15) is 40.0 Å². The van der Waals surface area contributed by atoms with E-state index >= 15 is 0 Å². The van der Waals surface area contributed by atoms with Gasteiger partial charge >= 0.3 is 5.97 Å². The molecule has 104 valence electrons. The number of aliphatic hydroxyl groups excluding tert-OH is 1. The van der Waals surface area contributed by atoms with Gasteiger partial charge in [-0.25, -0.2) is 0 Å². The standard InChI is InChI=1S/C13H23NO4/c1-4-14(5-2)11(16)9-10(15)13(7-8-13)12(17)18-6-3/h10,15H,4-9H2,1-3H3. The summed E-state index contributed by atoms with van der Waals surface area (Å²) in [6.45, 7) is 7.07. The van der Waals surface area contributed by atoms with Crippen molar-refractivity contribution in [2.45, 2.75) is 46.1 Å². The second-order valence-electron chi connectivity index (χ2n) is 4.66. The Morgan fingerprint density at radius 2 is 1.83 bits per heavy atom. The molecule has 1 unspecified atom stereocenters. The third-order valence-electron chi connectivity index (χ3n) is 3.59. The zero-order valence-corrected chi connectivity index (χ0v) is 11.4. The zero-order chi connectivity index (χ0) is 13.8. The molecule has 18 heavy (non-hydrogen) atoms. The van der Waals surface area contributed by atoms with E-state index < -0.39 is 11.5 Å². The number of hydrogen-bond donors (Lipinski definition) is 1. The number of carbonyl (C=O) groups is 2. The number of amides is 1. The summed E-state index contributed by atoms with van der Waals surface area (Å²) in [5.41, 5.74) is -0.821. The van der Waals surface area contributed by atoms with Crippen molar-refractivity contribution >= 4 is 11.9 Å². The Hall–Kier alpha value is -1.10. The lowest BCUT2D eigenvalue weighted by Gasteiger charge is -2.24. The lowest BCUT2D eigenvalue weighted by atomic mass is 9.96. The Bertz CT molecular complexity index is 308. The van der Waals surface area contributed by atoms with Crippen LogP contribution in [0.15, 0.2) is 0 Å². The minimum absolute atomic E-state index is 0.000490. The van der Waals surface area contributed by atoms with Crippen LogP contribution >= 0.6 is 0 Å². The summed E-state index contributed by atoms with van der Waals surface area (Å²) < 4.78 is 4.96. The largest absolute Gasteiger partial charge is 0.465 e. The van der Waals surface area contributed by atoms with Gasteiger partial charge in [-0.05, 0) is 33.6 Å². The summed E-state index contributed by atoms with van der Waals surface area (Å²) in [5.74, 6) is -0.479. The van der Waals surface area contributed by atoms with Gasteiger partial charge in [0.1, 0.15) is 0 Å². The number of rotatable bonds is 7. The van der Waals surface area contributed by atoms with E-state index in [1.54, 1.807) is 11.8 Å². The highest BCUT2D eigenvalue weighted by Gasteiger charge is 2.57. The monoisotopic (exact) mass is 257 g/mol. The first-order valence-corrected chi connectivity index (χ1v) is 6.64. The van der Waals surface area contributed by atoms with Crippen molar-refractivity contribution in [2.24, 2.45) is 5.41 Å². The van der Waals surface area contributed by atoms with Crippen LogP contribution in [0.5, 0.6) is 0 Å². The minimum Gasteiger partial charge on any atom is -0.465 e. The number of aliphatic hydroxyl groups is 1. The molecule has 1 amide bonds. The van der Waals surface area contributed by atoms with Crippen molar-refractivity contribution in [3.63, 3.8) is 0 Å². The lowest BCUT2D eigenvalue weighted by Crippen LogP contribution is -2.38. The highest BCUT2D eigenvalue weighted by molar-refractivity contribution is 5.83. The smallest absolute Gasteiger partial charge is 0.314 e. The van der Waals surface area contributed by atoms with Crippen molar-refractivity contribution in [1.29, 1.82) is 0 Å². The van der Waals surface area contributed by atoms with Crippen molar-refractivity contribution in [3.05, 3.63) is 0 Å². The van der Waals surface area contributed by atoms with E-state index in [2.05, 4.69) is 0 Å². The normalized spacial score (nSPS) is 18.0. The van der Waals surface area contributed by atoms with E-state index in [9.17, 15) is 14.7 Å². The average molecular weight is 257 g/mol. The van der Waals surface area contributed by atoms with Gasteiger partial charge in [-0.2, -0.15) is 0 Å². The third kappa shape index (κ3) is 3.02. The highest BCUT2D eigenvalue weighted by atomic mass is 16.5. The molecular weight excluding hydrogens is 234 g/mol. The Morgan fingerprint density at radius 3 is 2.22 bits per heavy atom. The van der Waals surface area contributed by atoms with Gasteiger partial charge in [0.2, 0.25) is 5.91 Å². The van der Waals surface area contributed by atoms with E-state index in [-0.39, 0.29) is 18.3 Å². The molecule has 5 heteroatoms. The summed E-state index contributed by atoms with van der Waals surface area (Å²) in [5, 5.41) is 10.1. The fourth-order valence-electron chi connectivity index (χ4n) is 2.15. The number of carbonyl (C=O) groups excluding carboxylic acids is 2. The van der Waals surface area contributed by atoms with Crippen molar-refractivity contribution < 1.29 is 19.4 Å². The molecule has 1 N–H and O–H groups in total. The molecule has 0 spiro atoms. The van der Waals surface area contributed by atoms with Crippen LogP contribution in [0.3, 0.4) is 0 Å². The topological polar surface area (TPSA) is 66.8 Å². The van der Waals surface area contributed by atoms with Crippen LogP contribution in [0.2, 0.25) is 0 Å². The Labute approximate surface area is 108 Å². The molecule has 1 fully saturated rings. The maximum atomic E-state index is 11.9. The number of hydrogen-bond acceptors (Lipinski definition) is 4. The van der Waals surface area contributed by atoms with Crippen LogP contribution in [-0.2, 0) is 14.3 Å². The fraction of sp³-hybridized carbons (Fsp3) is 0.846. The Balaban J connectivity index is 2.57. The summed E-state index contributed by atoms with van der Waals surface area (Å²) in [4.78, 5) is 25.3. The molecule has 1 aliphatic rings. The lowest BCUT2D eigenvalue weighted by molar-refractivity contribution is -0.155. The molecule has 1 saturated carbocycles. The molecule has 0 saturated heterocycles. The average Bonchev–Trinajstić information content (AvgIpc) is 3.12. The second kappa shape index (κ2) is 6.18. The molecule has 1 aliphatic carbocycles. The first-order valence-electron chi connectivity index (χ1n) is 6.64. The molecule has 0 aromatic rings. The first-order chi connectivity index (χ1) is 8.51. The van der Waals surface area contributed by atoms with E-state index in [0.717, 1.165) is 0 Å². The summed E-state index contributed by atoms with van der Waals surface area (Å²) in [6, 6.07) is 0. The maximum Gasteiger partial charge on any atom is 0.314 e. The summed E-state index contributed by atoms with van der Waals surface area (Å²) in [7, 11) is 0. The SMILES string of the molecule is CCOC(=O)C1(C(O)CC(=O)N(CC)CC)CC1. The molecule has 0 radical (unpaired) electrons. The molecule has 0 bridgehead atoms. The van der Waals surface area contributed by atoms with E-state index in [1.165, 1.54) is 0 Å². The molecule has 0 aromatic heterocycles. The summed E-state index contributed by atoms with van der Waals surface area (Å²) in [6.07, 6.45) is 0.294. The van der Waals surface area contributed by atoms with Crippen LogP contribution in [0, 0.1) is 5.41 Å². The van der Waals surface area contributed by atoms with Gasteiger partial charge in [0, 0.05) is 13.1 Å². The molecule has 0 aromatic carbocycles. The molecule has 0 heterocycles. The van der Waals surface area contributed by atoms with Gasteiger partial charge in [-0.3, -0.25) is 9.59 Å². The van der Waals surface area contributed by atoms with Gasteiger partial charge in [0.25, 0.3) is 0 Å². The van der Waals surface area contributed by atoms with Crippen molar-refractivity contribution in [3.8, 4) is 0 Å². The van der Waals surface area contributed by atoms with Crippen molar-refractivity contribution in [1.82, 2.24) is 4.90 Å². The number of ether oxygens (including phenoxy) is 1. The number of esters is 1. The van der Waals surface area contributed by atoms with Crippen LogP contribution in [-0.4, -0.2) is 47.7 Å². The highest BCUT2D eigenvalue weighted by Crippen LogP contribution is 2.50. The van der Waals surface area contributed by atoms with Gasteiger partial charge in [0.15, 0.2) is 0 Å². The minimum atomic E-state index is -0.926. The number of nitrogens with zero attached hydrogens (tertiary/aromatic N) is 1. The Morgan fingerprint density at radius 1 is 1.28 bits per heavy atom. The molecule has 1 atom stereocenters. The molecule has 0 aliphatic heterocycles. The first kappa shape index (κ1) is 15.0. The molecular formula is C13H23NO4. The zero-order valence-electron chi connectivity index (χ0n) is 11.4. The van der Waals surface area contributed by atoms with Crippen LogP contribution in [0.25, 0.3) is 0 Å². The van der Waals surface area contributed by atoms with E-state index in [1.807, 2.05) is 13.8 Å².